The van der Waals surface area contributed by atoms with Crippen molar-refractivity contribution < 1.29 is 0 Å². The maximum atomic E-state index is 6.13. The van der Waals surface area contributed by atoms with Crippen LogP contribution in [0.1, 0.15) is 66.8 Å². The summed E-state index contributed by atoms with van der Waals surface area (Å²) in [5, 5.41) is 0. The summed E-state index contributed by atoms with van der Waals surface area (Å²) >= 11 is 2.05. The molecule has 1 atom stereocenters. The Labute approximate surface area is 120 Å². The molecule has 4 aliphatic carbocycles. The van der Waals surface area contributed by atoms with Crippen molar-refractivity contribution in [2.45, 2.75) is 63.8 Å². The van der Waals surface area contributed by atoms with Crippen LogP contribution in [0.25, 0.3) is 0 Å². The van der Waals surface area contributed by atoms with Crippen molar-refractivity contribution in [3.05, 3.63) is 21.4 Å². The number of hydrogen-bond donors (Lipinski definition) is 1. The van der Waals surface area contributed by atoms with Crippen molar-refractivity contribution in [3.63, 3.8) is 0 Å². The van der Waals surface area contributed by atoms with E-state index in [1.165, 1.54) is 49.0 Å². The zero-order chi connectivity index (χ0) is 13.2. The molecule has 0 spiro atoms. The van der Waals surface area contributed by atoms with Crippen LogP contribution in [0.3, 0.4) is 0 Å². The Hall–Kier alpha value is -0.340. The maximum absolute atomic E-state index is 6.13. The fraction of sp³-hybridized carbons (Fsp3) is 0.765. The van der Waals surface area contributed by atoms with Crippen LogP contribution >= 0.6 is 11.3 Å². The molecule has 4 saturated carbocycles. The molecule has 4 fully saturated rings. The molecular formula is C17H25NS. The van der Waals surface area contributed by atoms with Crippen LogP contribution in [0.15, 0.2) is 6.07 Å². The van der Waals surface area contributed by atoms with Gasteiger partial charge in [-0.05, 0) is 81.8 Å². The SMILES string of the molecule is Cc1sc(C23CC4CC(CC(C4)C2)C3)cc1C(C)N. The number of thiophene rings is 1. The van der Waals surface area contributed by atoms with Gasteiger partial charge >= 0.3 is 0 Å². The number of aryl methyl sites for hydroxylation is 1. The molecule has 104 valence electrons. The van der Waals surface area contributed by atoms with Crippen LogP contribution in [-0.2, 0) is 5.41 Å². The molecule has 19 heavy (non-hydrogen) atoms. The van der Waals surface area contributed by atoms with Gasteiger partial charge in [0.05, 0.1) is 0 Å². The number of nitrogens with two attached hydrogens (primary N) is 1. The van der Waals surface area contributed by atoms with Crippen LogP contribution in [-0.4, -0.2) is 0 Å². The summed E-state index contributed by atoms with van der Waals surface area (Å²) in [6.45, 7) is 4.38. The van der Waals surface area contributed by atoms with Crippen molar-refractivity contribution in [1.29, 1.82) is 0 Å². The van der Waals surface area contributed by atoms with Crippen LogP contribution < -0.4 is 5.73 Å². The first-order valence-electron chi connectivity index (χ1n) is 7.92. The topological polar surface area (TPSA) is 26.0 Å². The molecule has 1 heterocycles. The van der Waals surface area contributed by atoms with Gasteiger partial charge in [-0.15, -0.1) is 11.3 Å². The highest BCUT2D eigenvalue weighted by Crippen LogP contribution is 2.61. The third-order valence-electron chi connectivity index (χ3n) is 6.01. The highest BCUT2D eigenvalue weighted by molar-refractivity contribution is 7.12. The van der Waals surface area contributed by atoms with Crippen LogP contribution in [0.2, 0.25) is 0 Å². The average Bonchev–Trinajstić information content (AvgIpc) is 2.70. The smallest absolute Gasteiger partial charge is 0.0277 e. The molecule has 0 aliphatic heterocycles. The minimum Gasteiger partial charge on any atom is -0.324 e. The molecule has 2 heteroatoms. The molecule has 0 radical (unpaired) electrons. The van der Waals surface area contributed by atoms with Gasteiger partial charge in [-0.1, -0.05) is 0 Å². The van der Waals surface area contributed by atoms with Crippen molar-refractivity contribution >= 4 is 11.3 Å². The van der Waals surface area contributed by atoms with Gasteiger partial charge in [0, 0.05) is 21.2 Å². The van der Waals surface area contributed by atoms with Crippen LogP contribution in [0, 0.1) is 24.7 Å². The second-order valence-corrected chi connectivity index (χ2v) is 8.87. The summed E-state index contributed by atoms with van der Waals surface area (Å²) in [6.07, 6.45) is 9.00. The van der Waals surface area contributed by atoms with Crippen molar-refractivity contribution in [1.82, 2.24) is 0 Å². The Kier molecular flexibility index (Phi) is 2.66. The van der Waals surface area contributed by atoms with Gasteiger partial charge in [-0.25, -0.2) is 0 Å². The fourth-order valence-corrected chi connectivity index (χ4v) is 6.97. The first-order chi connectivity index (χ1) is 9.06. The summed E-state index contributed by atoms with van der Waals surface area (Å²) in [7, 11) is 0. The number of hydrogen-bond acceptors (Lipinski definition) is 2. The first kappa shape index (κ1) is 12.4. The Bertz CT molecular complexity index is 464. The lowest BCUT2D eigenvalue weighted by Gasteiger charge is -2.56. The highest BCUT2D eigenvalue weighted by atomic mass is 32.1. The summed E-state index contributed by atoms with van der Waals surface area (Å²) in [4.78, 5) is 3.14. The van der Waals surface area contributed by atoms with Gasteiger partial charge in [-0.2, -0.15) is 0 Å². The van der Waals surface area contributed by atoms with Crippen molar-refractivity contribution in [2.24, 2.45) is 23.5 Å². The Balaban J connectivity index is 1.73. The molecule has 0 aromatic carbocycles. The van der Waals surface area contributed by atoms with Gasteiger partial charge in [0.25, 0.3) is 0 Å². The van der Waals surface area contributed by atoms with E-state index in [-0.39, 0.29) is 6.04 Å². The van der Waals surface area contributed by atoms with E-state index in [0.29, 0.717) is 5.41 Å². The Morgan fingerprint density at radius 1 is 1.16 bits per heavy atom. The molecule has 1 unspecified atom stereocenters. The van der Waals surface area contributed by atoms with Crippen LogP contribution in [0.4, 0.5) is 0 Å². The quantitative estimate of drug-likeness (QED) is 0.842. The van der Waals surface area contributed by atoms with Gasteiger partial charge in [0.1, 0.15) is 0 Å². The monoisotopic (exact) mass is 275 g/mol. The van der Waals surface area contributed by atoms with E-state index >= 15 is 0 Å². The summed E-state index contributed by atoms with van der Waals surface area (Å²) < 4.78 is 0. The molecule has 0 amide bonds. The van der Waals surface area contributed by atoms with Gasteiger partial charge in [-0.3, -0.25) is 0 Å². The van der Waals surface area contributed by atoms with Gasteiger partial charge < -0.3 is 5.73 Å². The predicted octanol–water partition coefficient (Wildman–Crippen LogP) is 4.54. The second-order valence-electron chi connectivity index (χ2n) is 7.61. The zero-order valence-electron chi connectivity index (χ0n) is 12.1. The lowest BCUT2D eigenvalue weighted by Crippen LogP contribution is -2.48. The highest BCUT2D eigenvalue weighted by Gasteiger charge is 2.52. The second kappa shape index (κ2) is 4.08. The summed E-state index contributed by atoms with van der Waals surface area (Å²) in [5.74, 6) is 3.10. The molecule has 4 bridgehead atoms. The zero-order valence-corrected chi connectivity index (χ0v) is 12.9. The minimum atomic E-state index is 0.193. The van der Waals surface area contributed by atoms with Gasteiger partial charge in [0.15, 0.2) is 0 Å². The minimum absolute atomic E-state index is 0.193. The summed E-state index contributed by atoms with van der Waals surface area (Å²) in [6, 6.07) is 2.66. The summed E-state index contributed by atoms with van der Waals surface area (Å²) in [5.41, 5.74) is 8.08. The van der Waals surface area contributed by atoms with E-state index in [9.17, 15) is 0 Å². The predicted molar refractivity (Wildman–Crippen MR) is 81.5 cm³/mol. The van der Waals surface area contributed by atoms with E-state index in [2.05, 4.69) is 31.3 Å². The largest absolute Gasteiger partial charge is 0.324 e. The maximum Gasteiger partial charge on any atom is 0.0277 e. The Morgan fingerprint density at radius 2 is 1.68 bits per heavy atom. The Morgan fingerprint density at radius 3 is 2.11 bits per heavy atom. The van der Waals surface area contributed by atoms with Crippen molar-refractivity contribution in [3.8, 4) is 0 Å². The molecule has 5 rings (SSSR count). The lowest BCUT2D eigenvalue weighted by atomic mass is 9.49. The molecular weight excluding hydrogens is 250 g/mol. The molecule has 2 N–H and O–H groups in total. The van der Waals surface area contributed by atoms with Crippen LogP contribution in [0.5, 0.6) is 0 Å². The normalized spacial score (nSPS) is 41.7. The standard InChI is InChI=1S/C17H25NS/c1-10(18)15-6-16(19-11(15)2)17-7-12-3-13(8-17)5-14(4-12)9-17/h6,10,12-14H,3-5,7-9,18H2,1-2H3. The lowest BCUT2D eigenvalue weighted by molar-refractivity contribution is -0.00349. The third kappa shape index (κ3) is 1.83. The molecule has 1 aromatic heterocycles. The number of rotatable bonds is 2. The average molecular weight is 275 g/mol. The van der Waals surface area contributed by atoms with Gasteiger partial charge in [0.2, 0.25) is 0 Å². The molecule has 1 nitrogen and oxygen atoms in total. The van der Waals surface area contributed by atoms with E-state index in [0.717, 1.165) is 17.8 Å². The van der Waals surface area contributed by atoms with E-state index < -0.39 is 0 Å². The van der Waals surface area contributed by atoms with E-state index in [4.69, 9.17) is 5.73 Å². The molecule has 1 aromatic rings. The van der Waals surface area contributed by atoms with Crippen molar-refractivity contribution in [2.75, 3.05) is 0 Å². The first-order valence-corrected chi connectivity index (χ1v) is 8.74. The van der Waals surface area contributed by atoms with E-state index in [1.54, 1.807) is 4.88 Å². The fourth-order valence-electron chi connectivity index (χ4n) is 5.62. The third-order valence-corrected chi connectivity index (χ3v) is 7.32. The molecule has 4 aliphatic rings. The molecule has 0 saturated heterocycles. The van der Waals surface area contributed by atoms with E-state index in [1.807, 2.05) is 0 Å².